The first-order valence-electron chi connectivity index (χ1n) is 6.31. The largest absolute Gasteiger partial charge is 0.481 e. The van der Waals surface area contributed by atoms with Gasteiger partial charge in [0.05, 0.1) is 5.41 Å². The van der Waals surface area contributed by atoms with Crippen molar-refractivity contribution in [3.63, 3.8) is 0 Å². The Morgan fingerprint density at radius 2 is 2.06 bits per heavy atom. The molecule has 1 aliphatic rings. The maximum Gasteiger partial charge on any atom is 0.310 e. The Hall–Kier alpha value is -1.42. The minimum absolute atomic E-state index is 0.0163. The molecule has 0 radical (unpaired) electrons. The molecule has 1 aliphatic carbocycles. The summed E-state index contributed by atoms with van der Waals surface area (Å²) in [7, 11) is 0. The van der Waals surface area contributed by atoms with E-state index in [2.05, 4.69) is 24.1 Å². The predicted molar refractivity (Wildman–Crippen MR) is 69.4 cm³/mol. The van der Waals surface area contributed by atoms with Crippen LogP contribution in [0.1, 0.15) is 32.3 Å². The highest BCUT2D eigenvalue weighted by atomic mass is 16.4. The zero-order valence-electron chi connectivity index (χ0n) is 10.9. The average Bonchev–Trinajstić information content (AvgIpc) is 3.11. The van der Waals surface area contributed by atoms with Gasteiger partial charge in [-0.15, -0.1) is 0 Å². The Kier molecular flexibility index (Phi) is 3.39. The highest BCUT2D eigenvalue weighted by Gasteiger charge is 2.49. The number of carboxylic acid groups (broad SMARTS) is 1. The Labute approximate surface area is 107 Å². The first kappa shape index (κ1) is 13.0. The van der Waals surface area contributed by atoms with Crippen LogP contribution in [0.25, 0.3) is 0 Å². The maximum atomic E-state index is 11.1. The molecule has 0 saturated heterocycles. The summed E-state index contributed by atoms with van der Waals surface area (Å²) in [4.78, 5) is 15.1. The van der Waals surface area contributed by atoms with Crippen molar-refractivity contribution in [2.75, 3.05) is 13.1 Å². The number of nitrogens with one attached hydrogen (secondary N) is 1. The lowest BCUT2D eigenvalue weighted by Gasteiger charge is -2.26. The molecule has 0 aliphatic heterocycles. The predicted octanol–water partition coefficient (Wildman–Crippen LogP) is 1.81. The zero-order valence-corrected chi connectivity index (χ0v) is 10.9. The molecule has 1 aromatic heterocycles. The first-order valence-corrected chi connectivity index (χ1v) is 6.31. The van der Waals surface area contributed by atoms with Gasteiger partial charge in [-0.3, -0.25) is 9.78 Å². The fraction of sp³-hybridized carbons (Fsp3) is 0.571. The van der Waals surface area contributed by atoms with E-state index in [1.54, 1.807) is 12.4 Å². The fourth-order valence-corrected chi connectivity index (χ4v) is 2.14. The molecule has 1 aromatic rings. The molecule has 0 atom stereocenters. The summed E-state index contributed by atoms with van der Waals surface area (Å²) >= 11 is 0. The molecule has 0 amide bonds. The summed E-state index contributed by atoms with van der Waals surface area (Å²) in [5.41, 5.74) is 0.705. The van der Waals surface area contributed by atoms with Gasteiger partial charge in [-0.25, -0.2) is 0 Å². The summed E-state index contributed by atoms with van der Waals surface area (Å²) in [6, 6.07) is 4.01. The number of hydrogen-bond acceptors (Lipinski definition) is 3. The van der Waals surface area contributed by atoms with Crippen molar-refractivity contribution in [2.24, 2.45) is 5.41 Å². The normalized spacial score (nSPS) is 17.4. The number of nitrogens with zero attached hydrogens (tertiary/aromatic N) is 1. The van der Waals surface area contributed by atoms with Gasteiger partial charge in [0, 0.05) is 30.9 Å². The smallest absolute Gasteiger partial charge is 0.310 e. The molecule has 0 unspecified atom stereocenters. The van der Waals surface area contributed by atoms with Crippen molar-refractivity contribution in [2.45, 2.75) is 32.1 Å². The van der Waals surface area contributed by atoms with Crippen molar-refractivity contribution in [1.82, 2.24) is 10.3 Å². The molecule has 4 heteroatoms. The topological polar surface area (TPSA) is 62.2 Å². The average molecular weight is 248 g/mol. The van der Waals surface area contributed by atoms with E-state index in [4.69, 9.17) is 5.11 Å². The molecule has 98 valence electrons. The van der Waals surface area contributed by atoms with Gasteiger partial charge in [0.15, 0.2) is 0 Å². The standard InChI is InChI=1S/C14H20N2O2/c1-13(2,11-3-7-15-8-4-11)9-16-10-14(5-6-14)12(17)18/h3-4,7-8,16H,5-6,9-10H2,1-2H3,(H,17,18). The molecule has 0 aromatic carbocycles. The lowest BCUT2D eigenvalue weighted by molar-refractivity contribution is -0.143. The van der Waals surface area contributed by atoms with Crippen LogP contribution in [0.15, 0.2) is 24.5 Å². The molecule has 2 rings (SSSR count). The summed E-state index contributed by atoms with van der Waals surface area (Å²) in [6.45, 7) is 5.63. The van der Waals surface area contributed by atoms with Crippen LogP contribution in [-0.2, 0) is 10.2 Å². The number of rotatable bonds is 6. The van der Waals surface area contributed by atoms with Gasteiger partial charge < -0.3 is 10.4 Å². The lowest BCUT2D eigenvalue weighted by atomic mass is 9.85. The minimum atomic E-state index is -0.670. The second-order valence-electron chi connectivity index (χ2n) is 5.81. The third kappa shape index (κ3) is 2.70. The highest BCUT2D eigenvalue weighted by Crippen LogP contribution is 2.45. The number of aromatic nitrogens is 1. The maximum absolute atomic E-state index is 11.1. The van der Waals surface area contributed by atoms with E-state index in [0.29, 0.717) is 6.54 Å². The van der Waals surface area contributed by atoms with Crippen molar-refractivity contribution >= 4 is 5.97 Å². The van der Waals surface area contributed by atoms with Gasteiger partial charge in [-0.05, 0) is 30.5 Å². The van der Waals surface area contributed by atoms with Crippen LogP contribution >= 0.6 is 0 Å². The van der Waals surface area contributed by atoms with E-state index in [9.17, 15) is 4.79 Å². The van der Waals surface area contributed by atoms with E-state index < -0.39 is 11.4 Å². The molecule has 1 heterocycles. The summed E-state index contributed by atoms with van der Waals surface area (Å²) in [6.07, 6.45) is 5.17. The molecule has 1 saturated carbocycles. The zero-order chi connectivity index (χ0) is 13.2. The van der Waals surface area contributed by atoms with Crippen molar-refractivity contribution < 1.29 is 9.90 Å². The first-order chi connectivity index (χ1) is 8.46. The van der Waals surface area contributed by atoms with Crippen LogP contribution < -0.4 is 5.32 Å². The van der Waals surface area contributed by atoms with Gasteiger partial charge in [0.1, 0.15) is 0 Å². The van der Waals surface area contributed by atoms with Crippen LogP contribution in [0.3, 0.4) is 0 Å². The van der Waals surface area contributed by atoms with Crippen molar-refractivity contribution in [1.29, 1.82) is 0 Å². The Morgan fingerprint density at radius 1 is 1.44 bits per heavy atom. The lowest BCUT2D eigenvalue weighted by Crippen LogP contribution is -2.38. The highest BCUT2D eigenvalue weighted by molar-refractivity contribution is 5.78. The fourth-order valence-electron chi connectivity index (χ4n) is 2.14. The molecule has 2 N–H and O–H groups in total. The molecular formula is C14H20N2O2. The third-order valence-corrected chi connectivity index (χ3v) is 3.80. The number of carbonyl (C=O) groups is 1. The van der Waals surface area contributed by atoms with E-state index in [1.807, 2.05) is 12.1 Å². The SMILES string of the molecule is CC(C)(CNCC1(C(=O)O)CC1)c1ccncc1. The molecule has 18 heavy (non-hydrogen) atoms. The number of carboxylic acids is 1. The third-order valence-electron chi connectivity index (χ3n) is 3.80. The monoisotopic (exact) mass is 248 g/mol. The summed E-state index contributed by atoms with van der Waals surface area (Å²) < 4.78 is 0. The molecule has 0 bridgehead atoms. The Balaban J connectivity index is 1.88. The van der Waals surface area contributed by atoms with Gasteiger partial charge in [0.25, 0.3) is 0 Å². The quantitative estimate of drug-likeness (QED) is 0.806. The summed E-state index contributed by atoms with van der Waals surface area (Å²) in [5, 5.41) is 12.4. The van der Waals surface area contributed by atoms with Crippen molar-refractivity contribution in [3.8, 4) is 0 Å². The van der Waals surface area contributed by atoms with E-state index >= 15 is 0 Å². The second kappa shape index (κ2) is 4.69. The molecule has 1 fully saturated rings. The van der Waals surface area contributed by atoms with Gasteiger partial charge >= 0.3 is 5.97 Å². The molecule has 4 nitrogen and oxygen atoms in total. The number of aliphatic carboxylic acids is 1. The van der Waals surface area contributed by atoms with Crippen LogP contribution in [0, 0.1) is 5.41 Å². The second-order valence-corrected chi connectivity index (χ2v) is 5.81. The van der Waals surface area contributed by atoms with Crippen LogP contribution in [-0.4, -0.2) is 29.1 Å². The van der Waals surface area contributed by atoms with Gasteiger partial charge in [-0.1, -0.05) is 13.8 Å². The van der Waals surface area contributed by atoms with Crippen molar-refractivity contribution in [3.05, 3.63) is 30.1 Å². The van der Waals surface area contributed by atoms with Crippen LogP contribution in [0.2, 0.25) is 0 Å². The van der Waals surface area contributed by atoms with E-state index in [-0.39, 0.29) is 5.41 Å². The number of pyridine rings is 1. The van der Waals surface area contributed by atoms with Gasteiger partial charge in [0.2, 0.25) is 0 Å². The number of hydrogen-bond donors (Lipinski definition) is 2. The van der Waals surface area contributed by atoms with Crippen LogP contribution in [0.5, 0.6) is 0 Å². The summed E-state index contributed by atoms with van der Waals surface area (Å²) in [5.74, 6) is -0.670. The Morgan fingerprint density at radius 3 is 2.56 bits per heavy atom. The Bertz CT molecular complexity index is 425. The van der Waals surface area contributed by atoms with Crippen LogP contribution in [0.4, 0.5) is 0 Å². The van der Waals surface area contributed by atoms with E-state index in [0.717, 1.165) is 19.4 Å². The van der Waals surface area contributed by atoms with Gasteiger partial charge in [-0.2, -0.15) is 0 Å². The molecule has 0 spiro atoms. The van der Waals surface area contributed by atoms with E-state index in [1.165, 1.54) is 5.56 Å². The minimum Gasteiger partial charge on any atom is -0.481 e. The molecular weight excluding hydrogens is 228 g/mol.